The van der Waals surface area contributed by atoms with E-state index in [4.69, 9.17) is 0 Å². The Hall–Kier alpha value is -1.39. The first-order chi connectivity index (χ1) is 9.20. The van der Waals surface area contributed by atoms with Crippen molar-refractivity contribution in [3.05, 3.63) is 12.0 Å². The van der Waals surface area contributed by atoms with E-state index in [0.717, 1.165) is 13.0 Å². The van der Waals surface area contributed by atoms with Gasteiger partial charge in [0.1, 0.15) is 0 Å². The van der Waals surface area contributed by atoms with Crippen LogP contribution >= 0.6 is 0 Å². The van der Waals surface area contributed by atoms with Gasteiger partial charge in [-0.3, -0.25) is 0 Å². The summed E-state index contributed by atoms with van der Waals surface area (Å²) in [5, 5.41) is 6.28. The van der Waals surface area contributed by atoms with Crippen LogP contribution in [0.15, 0.2) is 6.20 Å². The topological polar surface area (TPSA) is 49.8 Å². The van der Waals surface area contributed by atoms with Crippen molar-refractivity contribution in [1.29, 1.82) is 0 Å². The predicted octanol–water partition coefficient (Wildman–Crippen LogP) is 3.43. The van der Waals surface area contributed by atoms with Crippen LogP contribution in [-0.4, -0.2) is 22.6 Å². The molecule has 106 valence electrons. The Morgan fingerprint density at radius 3 is 2.89 bits per heavy atom. The number of hydrogen-bond acceptors (Lipinski definition) is 4. The van der Waals surface area contributed by atoms with Crippen LogP contribution in [0, 0.1) is 11.7 Å². The minimum absolute atomic E-state index is 0.307. The fourth-order valence-corrected chi connectivity index (χ4v) is 2.59. The highest BCUT2D eigenvalue weighted by Gasteiger charge is 2.21. The van der Waals surface area contributed by atoms with Crippen molar-refractivity contribution in [3.8, 4) is 0 Å². The predicted molar refractivity (Wildman–Crippen MR) is 75.8 cm³/mol. The molecule has 0 bridgehead atoms. The van der Waals surface area contributed by atoms with E-state index in [2.05, 4.69) is 27.5 Å². The smallest absolute Gasteiger partial charge is 0.224 e. The maximum Gasteiger partial charge on any atom is 0.224 e. The number of anilines is 2. The molecule has 0 radical (unpaired) electrons. The molecule has 19 heavy (non-hydrogen) atoms. The van der Waals surface area contributed by atoms with Gasteiger partial charge in [0.15, 0.2) is 11.6 Å². The van der Waals surface area contributed by atoms with Gasteiger partial charge in [0.25, 0.3) is 0 Å². The van der Waals surface area contributed by atoms with E-state index < -0.39 is 0 Å². The fraction of sp³-hybridized carbons (Fsp3) is 0.714. The monoisotopic (exact) mass is 266 g/mol. The van der Waals surface area contributed by atoms with E-state index in [1.54, 1.807) is 0 Å². The molecule has 0 amide bonds. The van der Waals surface area contributed by atoms with Crippen molar-refractivity contribution in [1.82, 2.24) is 9.97 Å². The molecule has 4 nitrogen and oxygen atoms in total. The van der Waals surface area contributed by atoms with Crippen LogP contribution in [0.5, 0.6) is 0 Å². The van der Waals surface area contributed by atoms with Gasteiger partial charge in [-0.25, -0.2) is 9.37 Å². The Kier molecular flexibility index (Phi) is 4.93. The van der Waals surface area contributed by atoms with E-state index >= 15 is 0 Å². The van der Waals surface area contributed by atoms with Crippen molar-refractivity contribution in [3.63, 3.8) is 0 Å². The van der Waals surface area contributed by atoms with Gasteiger partial charge < -0.3 is 10.6 Å². The Bertz CT molecular complexity index is 410. The van der Waals surface area contributed by atoms with Crippen molar-refractivity contribution in [2.45, 2.75) is 52.0 Å². The summed E-state index contributed by atoms with van der Waals surface area (Å²) in [5.41, 5.74) is 0. The van der Waals surface area contributed by atoms with Crippen LogP contribution in [0.4, 0.5) is 16.2 Å². The molecule has 0 aromatic carbocycles. The van der Waals surface area contributed by atoms with Crippen molar-refractivity contribution >= 4 is 11.8 Å². The molecule has 1 aliphatic rings. The van der Waals surface area contributed by atoms with Gasteiger partial charge in [-0.15, -0.1) is 0 Å². The minimum atomic E-state index is -0.377. The quantitative estimate of drug-likeness (QED) is 0.820. The second kappa shape index (κ2) is 6.68. The van der Waals surface area contributed by atoms with Gasteiger partial charge in [0.05, 0.1) is 6.20 Å². The standard InChI is InChI=1S/C14H23FN4/c1-3-16-14-17-9-11(15)13(19-14)18-12-8-6-4-5-7-10(12)2/h9-10,12H,3-8H2,1-2H3,(H2,16,17,18,19). The Labute approximate surface area is 114 Å². The summed E-state index contributed by atoms with van der Waals surface area (Å²) in [7, 11) is 0. The summed E-state index contributed by atoms with van der Waals surface area (Å²) in [6, 6.07) is 0.307. The van der Waals surface area contributed by atoms with E-state index in [-0.39, 0.29) is 5.82 Å². The number of rotatable bonds is 4. The number of halogens is 1. The molecule has 1 saturated carbocycles. The van der Waals surface area contributed by atoms with Gasteiger partial charge in [-0.2, -0.15) is 4.98 Å². The van der Waals surface area contributed by atoms with E-state index in [0.29, 0.717) is 23.7 Å². The van der Waals surface area contributed by atoms with Gasteiger partial charge in [0, 0.05) is 12.6 Å². The molecule has 1 aliphatic carbocycles. The molecule has 0 saturated heterocycles. The first-order valence-electron chi connectivity index (χ1n) is 7.23. The molecular weight excluding hydrogens is 243 g/mol. The van der Waals surface area contributed by atoms with Gasteiger partial charge >= 0.3 is 0 Å². The number of nitrogens with one attached hydrogen (secondary N) is 2. The zero-order valence-corrected chi connectivity index (χ0v) is 11.7. The molecule has 2 N–H and O–H groups in total. The maximum absolute atomic E-state index is 13.8. The lowest BCUT2D eigenvalue weighted by Crippen LogP contribution is -2.27. The van der Waals surface area contributed by atoms with Crippen molar-refractivity contribution < 1.29 is 4.39 Å². The number of nitrogens with zero attached hydrogens (tertiary/aromatic N) is 2. The molecule has 1 aromatic rings. The summed E-state index contributed by atoms with van der Waals surface area (Å²) >= 11 is 0. The Morgan fingerprint density at radius 1 is 1.32 bits per heavy atom. The van der Waals surface area contributed by atoms with Crippen molar-refractivity contribution in [2.75, 3.05) is 17.2 Å². The lowest BCUT2D eigenvalue weighted by molar-refractivity contribution is 0.453. The zero-order valence-electron chi connectivity index (χ0n) is 11.7. The van der Waals surface area contributed by atoms with Crippen LogP contribution in [-0.2, 0) is 0 Å². The highest BCUT2D eigenvalue weighted by atomic mass is 19.1. The van der Waals surface area contributed by atoms with E-state index in [1.165, 1.54) is 31.9 Å². The molecule has 0 aliphatic heterocycles. The SMILES string of the molecule is CCNc1ncc(F)c(NC2CCCCCC2C)n1. The highest BCUT2D eigenvalue weighted by molar-refractivity contribution is 5.42. The molecule has 2 rings (SSSR count). The van der Waals surface area contributed by atoms with E-state index in [1.807, 2.05) is 6.92 Å². The second-order valence-corrected chi connectivity index (χ2v) is 5.29. The summed E-state index contributed by atoms with van der Waals surface area (Å²) in [6.45, 7) is 4.92. The first kappa shape index (κ1) is 14.0. The minimum Gasteiger partial charge on any atom is -0.364 e. The molecule has 0 spiro atoms. The third kappa shape index (κ3) is 3.78. The summed E-state index contributed by atoms with van der Waals surface area (Å²) in [4.78, 5) is 8.13. The largest absolute Gasteiger partial charge is 0.364 e. The summed E-state index contributed by atoms with van der Waals surface area (Å²) in [5.74, 6) is 0.981. The molecule has 2 atom stereocenters. The van der Waals surface area contributed by atoms with E-state index in [9.17, 15) is 4.39 Å². The van der Waals surface area contributed by atoms with Gasteiger partial charge in [-0.1, -0.05) is 26.2 Å². The molecule has 2 unspecified atom stereocenters. The maximum atomic E-state index is 13.8. The van der Waals surface area contributed by atoms with Crippen LogP contribution in [0.1, 0.15) is 46.0 Å². The summed E-state index contributed by atoms with van der Waals surface area (Å²) < 4.78 is 13.8. The first-order valence-corrected chi connectivity index (χ1v) is 7.23. The molecule has 5 heteroatoms. The summed E-state index contributed by atoms with van der Waals surface area (Å²) in [6.07, 6.45) is 7.26. The van der Waals surface area contributed by atoms with Crippen LogP contribution in [0.25, 0.3) is 0 Å². The second-order valence-electron chi connectivity index (χ2n) is 5.29. The third-order valence-electron chi connectivity index (χ3n) is 3.76. The van der Waals surface area contributed by atoms with Crippen LogP contribution in [0.2, 0.25) is 0 Å². The number of aromatic nitrogens is 2. The Morgan fingerprint density at radius 2 is 2.11 bits per heavy atom. The average Bonchev–Trinajstić information content (AvgIpc) is 2.59. The Balaban J connectivity index is 2.09. The molecular formula is C14H23FN4. The normalized spacial score (nSPS) is 23.7. The van der Waals surface area contributed by atoms with Crippen LogP contribution in [0.3, 0.4) is 0 Å². The van der Waals surface area contributed by atoms with Gasteiger partial charge in [-0.05, 0) is 25.7 Å². The molecule has 1 fully saturated rings. The fourth-order valence-electron chi connectivity index (χ4n) is 2.59. The lowest BCUT2D eigenvalue weighted by Gasteiger charge is -2.23. The lowest BCUT2D eigenvalue weighted by atomic mass is 9.97. The zero-order chi connectivity index (χ0) is 13.7. The van der Waals surface area contributed by atoms with Crippen molar-refractivity contribution in [2.24, 2.45) is 5.92 Å². The highest BCUT2D eigenvalue weighted by Crippen LogP contribution is 2.26. The third-order valence-corrected chi connectivity index (χ3v) is 3.76. The molecule has 1 heterocycles. The number of hydrogen-bond donors (Lipinski definition) is 2. The average molecular weight is 266 g/mol. The van der Waals surface area contributed by atoms with Gasteiger partial charge in [0.2, 0.25) is 5.95 Å². The van der Waals surface area contributed by atoms with Crippen LogP contribution < -0.4 is 10.6 Å². The molecule has 1 aromatic heterocycles.